The second-order valence-electron chi connectivity index (χ2n) is 7.00. The number of rotatable bonds is 3. The third-order valence-electron chi connectivity index (χ3n) is 5.02. The summed E-state index contributed by atoms with van der Waals surface area (Å²) in [4.78, 5) is 33.5. The molecular weight excluding hydrogens is 330 g/mol. The zero-order valence-corrected chi connectivity index (χ0v) is 14.7. The van der Waals surface area contributed by atoms with Crippen LogP contribution in [0.1, 0.15) is 35.6 Å². The molecule has 1 N–H and O–H groups in total. The average molecular weight is 351 g/mol. The van der Waals surface area contributed by atoms with Crippen LogP contribution in [-0.4, -0.2) is 28.0 Å². The molecule has 1 fully saturated rings. The van der Waals surface area contributed by atoms with Crippen LogP contribution in [0.25, 0.3) is 11.0 Å². The normalized spacial score (nSPS) is 18.3. The van der Waals surface area contributed by atoms with E-state index in [1.165, 1.54) is 6.33 Å². The zero-order chi connectivity index (χ0) is 18.1. The first-order valence-electron chi connectivity index (χ1n) is 8.88. The van der Waals surface area contributed by atoms with Crippen LogP contribution < -0.4 is 11.0 Å². The number of benzene rings is 1. The molecule has 26 heavy (non-hydrogen) atoms. The standard InChI is InChI=1S/C20H21N3O3/c1-13-4-5-18-16(7-13)20(25)15(11-26-18)10-23-6-2-3-14(9-23)17-8-19(24)22-12-21-17/h4-5,7-8,11-12,14H,2-3,6,9-10H2,1H3,(H,21,22,24). The van der Waals surface area contributed by atoms with E-state index < -0.39 is 0 Å². The molecule has 1 aliphatic heterocycles. The number of aromatic nitrogens is 2. The van der Waals surface area contributed by atoms with Crippen LogP contribution in [-0.2, 0) is 6.54 Å². The summed E-state index contributed by atoms with van der Waals surface area (Å²) in [7, 11) is 0. The Bertz CT molecular complexity index is 1050. The smallest absolute Gasteiger partial charge is 0.250 e. The van der Waals surface area contributed by atoms with Gasteiger partial charge in [-0.25, -0.2) is 4.98 Å². The van der Waals surface area contributed by atoms with Gasteiger partial charge in [-0.15, -0.1) is 0 Å². The van der Waals surface area contributed by atoms with Gasteiger partial charge in [-0.3, -0.25) is 14.5 Å². The summed E-state index contributed by atoms with van der Waals surface area (Å²) in [5.41, 5.74) is 3.06. The number of piperidine rings is 1. The summed E-state index contributed by atoms with van der Waals surface area (Å²) in [6.07, 6.45) is 5.04. The Hall–Kier alpha value is -2.73. The third kappa shape index (κ3) is 3.32. The maximum Gasteiger partial charge on any atom is 0.250 e. The maximum atomic E-state index is 12.8. The van der Waals surface area contributed by atoms with E-state index in [4.69, 9.17) is 4.42 Å². The topological polar surface area (TPSA) is 79.2 Å². The van der Waals surface area contributed by atoms with Gasteiger partial charge < -0.3 is 9.40 Å². The number of nitrogens with zero attached hydrogens (tertiary/aromatic N) is 2. The van der Waals surface area contributed by atoms with Gasteiger partial charge in [-0.05, 0) is 38.4 Å². The molecule has 0 aliphatic carbocycles. The Morgan fingerprint density at radius 1 is 1.31 bits per heavy atom. The van der Waals surface area contributed by atoms with Crippen LogP contribution in [0.15, 0.2) is 50.9 Å². The lowest BCUT2D eigenvalue weighted by Gasteiger charge is -2.32. The Morgan fingerprint density at radius 3 is 3.04 bits per heavy atom. The minimum Gasteiger partial charge on any atom is -0.464 e. The number of aromatic amines is 1. The maximum absolute atomic E-state index is 12.8. The highest BCUT2D eigenvalue weighted by molar-refractivity contribution is 5.77. The molecule has 1 aromatic carbocycles. The number of aryl methyl sites for hydroxylation is 1. The lowest BCUT2D eigenvalue weighted by atomic mass is 9.94. The van der Waals surface area contributed by atoms with Crippen molar-refractivity contribution in [3.05, 3.63) is 74.3 Å². The van der Waals surface area contributed by atoms with E-state index in [1.54, 1.807) is 12.3 Å². The molecule has 134 valence electrons. The summed E-state index contributed by atoms with van der Waals surface area (Å²) in [5, 5.41) is 0.632. The van der Waals surface area contributed by atoms with E-state index in [-0.39, 0.29) is 16.9 Å². The molecule has 0 spiro atoms. The van der Waals surface area contributed by atoms with Crippen molar-refractivity contribution < 1.29 is 4.42 Å². The van der Waals surface area contributed by atoms with Gasteiger partial charge in [-0.1, -0.05) is 11.6 Å². The van der Waals surface area contributed by atoms with Gasteiger partial charge in [0.05, 0.1) is 23.7 Å². The van der Waals surface area contributed by atoms with Crippen LogP contribution in [0.3, 0.4) is 0 Å². The third-order valence-corrected chi connectivity index (χ3v) is 5.02. The minimum atomic E-state index is -0.127. The Kier molecular flexibility index (Phi) is 4.42. The van der Waals surface area contributed by atoms with Crippen molar-refractivity contribution in [3.8, 4) is 0 Å². The quantitative estimate of drug-likeness (QED) is 0.784. The summed E-state index contributed by atoms with van der Waals surface area (Å²) in [6, 6.07) is 7.23. The number of hydrogen-bond donors (Lipinski definition) is 1. The minimum absolute atomic E-state index is 0.0337. The second-order valence-corrected chi connectivity index (χ2v) is 7.00. The molecule has 1 atom stereocenters. The summed E-state index contributed by atoms with van der Waals surface area (Å²) >= 11 is 0. The molecule has 0 saturated carbocycles. The predicted molar refractivity (Wildman–Crippen MR) is 99.3 cm³/mol. The van der Waals surface area contributed by atoms with Crippen molar-refractivity contribution in [2.75, 3.05) is 13.1 Å². The fraction of sp³-hybridized carbons (Fsp3) is 0.350. The van der Waals surface area contributed by atoms with Gasteiger partial charge in [0.2, 0.25) is 0 Å². The van der Waals surface area contributed by atoms with Gasteiger partial charge in [-0.2, -0.15) is 0 Å². The number of fused-ring (bicyclic) bond motifs is 1. The van der Waals surface area contributed by atoms with Crippen molar-refractivity contribution in [2.45, 2.75) is 32.2 Å². The molecule has 0 amide bonds. The van der Waals surface area contributed by atoms with Crippen LogP contribution in [0, 0.1) is 6.92 Å². The first-order valence-corrected chi connectivity index (χ1v) is 8.88. The molecule has 1 unspecified atom stereocenters. The molecule has 6 heteroatoms. The van der Waals surface area contributed by atoms with Crippen LogP contribution >= 0.6 is 0 Å². The van der Waals surface area contributed by atoms with E-state index in [0.717, 1.165) is 37.2 Å². The Balaban J connectivity index is 1.57. The number of H-pyrrole nitrogens is 1. The predicted octanol–water partition coefficient (Wildman–Crippen LogP) is 2.56. The molecular formula is C20H21N3O3. The van der Waals surface area contributed by atoms with Gasteiger partial charge in [0, 0.05) is 30.6 Å². The first-order chi connectivity index (χ1) is 12.6. The van der Waals surface area contributed by atoms with Gasteiger partial charge >= 0.3 is 0 Å². The second kappa shape index (κ2) is 6.88. The zero-order valence-electron chi connectivity index (χ0n) is 14.7. The fourth-order valence-corrected chi connectivity index (χ4v) is 3.68. The van der Waals surface area contributed by atoms with Crippen molar-refractivity contribution in [2.24, 2.45) is 0 Å². The molecule has 0 bridgehead atoms. The van der Waals surface area contributed by atoms with Crippen LogP contribution in [0.2, 0.25) is 0 Å². The van der Waals surface area contributed by atoms with Crippen molar-refractivity contribution in [3.63, 3.8) is 0 Å². The highest BCUT2D eigenvalue weighted by Gasteiger charge is 2.23. The summed E-state index contributed by atoms with van der Waals surface area (Å²) < 4.78 is 5.66. The van der Waals surface area contributed by atoms with E-state index in [2.05, 4.69) is 14.9 Å². The van der Waals surface area contributed by atoms with E-state index in [9.17, 15) is 9.59 Å². The van der Waals surface area contributed by atoms with Crippen molar-refractivity contribution >= 4 is 11.0 Å². The van der Waals surface area contributed by atoms with E-state index in [0.29, 0.717) is 23.1 Å². The number of nitrogens with one attached hydrogen (secondary N) is 1. The first kappa shape index (κ1) is 16.7. The highest BCUT2D eigenvalue weighted by atomic mass is 16.3. The van der Waals surface area contributed by atoms with E-state index >= 15 is 0 Å². The number of likely N-dealkylation sites (tertiary alicyclic amines) is 1. The molecule has 0 radical (unpaired) electrons. The van der Waals surface area contributed by atoms with Crippen LogP contribution in [0.5, 0.6) is 0 Å². The van der Waals surface area contributed by atoms with Crippen LogP contribution in [0.4, 0.5) is 0 Å². The Morgan fingerprint density at radius 2 is 2.19 bits per heavy atom. The van der Waals surface area contributed by atoms with Gasteiger partial charge in [0.25, 0.3) is 5.56 Å². The molecule has 3 aromatic rings. The average Bonchev–Trinajstić information content (AvgIpc) is 2.65. The molecule has 4 rings (SSSR count). The lowest BCUT2D eigenvalue weighted by molar-refractivity contribution is 0.197. The van der Waals surface area contributed by atoms with E-state index in [1.807, 2.05) is 25.1 Å². The molecule has 2 aromatic heterocycles. The highest BCUT2D eigenvalue weighted by Crippen LogP contribution is 2.25. The summed E-state index contributed by atoms with van der Waals surface area (Å²) in [5.74, 6) is 0.209. The van der Waals surface area contributed by atoms with Crippen molar-refractivity contribution in [1.82, 2.24) is 14.9 Å². The lowest BCUT2D eigenvalue weighted by Crippen LogP contribution is -2.35. The van der Waals surface area contributed by atoms with Gasteiger partial charge in [0.15, 0.2) is 5.43 Å². The molecule has 3 heterocycles. The number of hydrogen-bond acceptors (Lipinski definition) is 5. The molecule has 6 nitrogen and oxygen atoms in total. The monoisotopic (exact) mass is 351 g/mol. The largest absolute Gasteiger partial charge is 0.464 e. The Labute approximate surface area is 150 Å². The van der Waals surface area contributed by atoms with Gasteiger partial charge in [0.1, 0.15) is 5.58 Å². The SMILES string of the molecule is Cc1ccc2occ(CN3CCCC(c4cc(=O)[nH]cn4)C3)c(=O)c2c1. The summed E-state index contributed by atoms with van der Waals surface area (Å²) in [6.45, 7) is 4.22. The van der Waals surface area contributed by atoms with Crippen molar-refractivity contribution in [1.29, 1.82) is 0 Å². The fourth-order valence-electron chi connectivity index (χ4n) is 3.68. The molecule has 1 saturated heterocycles. The molecule has 1 aliphatic rings.